The van der Waals surface area contributed by atoms with E-state index in [2.05, 4.69) is 17.2 Å². The number of nitrogens with one attached hydrogen (secondary N) is 1. The van der Waals surface area contributed by atoms with Crippen LogP contribution in [0.4, 0.5) is 0 Å². The molecule has 2 aromatic rings. The molecule has 1 amide bonds. The number of piperidine rings is 1. The van der Waals surface area contributed by atoms with Gasteiger partial charge in [0.15, 0.2) is 0 Å². The Morgan fingerprint density at radius 1 is 1.26 bits per heavy atom. The predicted octanol–water partition coefficient (Wildman–Crippen LogP) is 2.33. The summed E-state index contributed by atoms with van der Waals surface area (Å²) in [5.41, 5.74) is 1.61. The highest BCUT2D eigenvalue weighted by Gasteiger charge is 2.25. The van der Waals surface area contributed by atoms with Gasteiger partial charge in [-0.25, -0.2) is 4.98 Å². The van der Waals surface area contributed by atoms with Gasteiger partial charge in [0.1, 0.15) is 5.69 Å². The summed E-state index contributed by atoms with van der Waals surface area (Å²) in [7, 11) is 0. The molecule has 0 bridgehead atoms. The van der Waals surface area contributed by atoms with Crippen molar-refractivity contribution in [3.05, 3.63) is 48.5 Å². The van der Waals surface area contributed by atoms with E-state index >= 15 is 0 Å². The first kappa shape index (κ1) is 15.7. The average molecular weight is 312 g/mol. The molecule has 2 heterocycles. The van der Waals surface area contributed by atoms with Crippen molar-refractivity contribution in [1.29, 1.82) is 0 Å². The second-order valence-electron chi connectivity index (χ2n) is 6.03. The molecular formula is C18H24N4O. The first-order valence-electron chi connectivity index (χ1n) is 8.37. The highest BCUT2D eigenvalue weighted by molar-refractivity contribution is 5.93. The number of hydrogen-bond acceptors (Lipinski definition) is 3. The number of benzene rings is 1. The number of carbonyl (C=O) groups excluding carboxylic acids is 1. The van der Waals surface area contributed by atoms with Gasteiger partial charge < -0.3 is 10.2 Å². The molecule has 1 N–H and O–H groups in total. The SMILES string of the molecule is CCNCC1CCN(C(=O)c2cncn2-c2ccccc2)CC1. The number of nitrogens with zero attached hydrogens (tertiary/aromatic N) is 3. The molecule has 0 saturated carbocycles. The zero-order valence-electron chi connectivity index (χ0n) is 13.6. The first-order valence-corrected chi connectivity index (χ1v) is 8.37. The molecule has 1 aromatic heterocycles. The van der Waals surface area contributed by atoms with Gasteiger partial charge in [-0.05, 0) is 44.0 Å². The largest absolute Gasteiger partial charge is 0.337 e. The van der Waals surface area contributed by atoms with Gasteiger partial charge in [0, 0.05) is 18.8 Å². The standard InChI is InChI=1S/C18H24N4O/c1-2-19-12-15-8-10-21(11-9-15)18(23)17-13-20-14-22(17)16-6-4-3-5-7-16/h3-7,13-15,19H,2,8-12H2,1H3. The first-order chi connectivity index (χ1) is 11.3. The van der Waals surface area contributed by atoms with Crippen LogP contribution >= 0.6 is 0 Å². The van der Waals surface area contributed by atoms with Crippen molar-refractivity contribution in [2.45, 2.75) is 19.8 Å². The molecule has 1 aliphatic heterocycles. The third-order valence-corrected chi connectivity index (χ3v) is 4.48. The lowest BCUT2D eigenvalue weighted by atomic mass is 9.96. The number of para-hydroxylation sites is 1. The van der Waals surface area contributed by atoms with Crippen molar-refractivity contribution < 1.29 is 4.79 Å². The Hall–Kier alpha value is -2.14. The van der Waals surface area contributed by atoms with E-state index in [9.17, 15) is 4.79 Å². The van der Waals surface area contributed by atoms with Crippen LogP contribution in [0.3, 0.4) is 0 Å². The molecule has 0 spiro atoms. The highest BCUT2D eigenvalue weighted by atomic mass is 16.2. The van der Waals surface area contributed by atoms with Crippen molar-refractivity contribution in [2.75, 3.05) is 26.2 Å². The molecule has 1 aromatic carbocycles. The molecule has 0 aliphatic carbocycles. The molecule has 1 saturated heterocycles. The summed E-state index contributed by atoms with van der Waals surface area (Å²) < 4.78 is 1.87. The summed E-state index contributed by atoms with van der Waals surface area (Å²) in [4.78, 5) is 19.0. The fourth-order valence-electron chi connectivity index (χ4n) is 3.10. The molecule has 0 atom stereocenters. The van der Waals surface area contributed by atoms with E-state index < -0.39 is 0 Å². The Labute approximate surface area is 137 Å². The van der Waals surface area contributed by atoms with Gasteiger partial charge in [-0.3, -0.25) is 9.36 Å². The Morgan fingerprint density at radius 2 is 2.00 bits per heavy atom. The van der Waals surface area contributed by atoms with Gasteiger partial charge in [0.2, 0.25) is 0 Å². The van der Waals surface area contributed by atoms with Gasteiger partial charge >= 0.3 is 0 Å². The molecule has 5 nitrogen and oxygen atoms in total. The lowest BCUT2D eigenvalue weighted by molar-refractivity contribution is 0.0682. The van der Waals surface area contributed by atoms with E-state index in [-0.39, 0.29) is 5.91 Å². The van der Waals surface area contributed by atoms with E-state index in [1.54, 1.807) is 12.5 Å². The van der Waals surface area contributed by atoms with Crippen LogP contribution in [-0.2, 0) is 0 Å². The number of amides is 1. The Balaban J connectivity index is 1.67. The third kappa shape index (κ3) is 3.62. The molecule has 3 rings (SSSR count). The second kappa shape index (κ2) is 7.42. The fraction of sp³-hybridized carbons (Fsp3) is 0.444. The maximum Gasteiger partial charge on any atom is 0.272 e. The lowest BCUT2D eigenvalue weighted by Crippen LogP contribution is -2.41. The maximum absolute atomic E-state index is 12.8. The van der Waals surface area contributed by atoms with Gasteiger partial charge in [0.25, 0.3) is 5.91 Å². The van der Waals surface area contributed by atoms with Crippen molar-refractivity contribution >= 4 is 5.91 Å². The minimum Gasteiger partial charge on any atom is -0.337 e. The van der Waals surface area contributed by atoms with Crippen LogP contribution in [0.1, 0.15) is 30.3 Å². The Bertz CT molecular complexity index is 629. The summed E-state index contributed by atoms with van der Waals surface area (Å²) in [5, 5.41) is 3.40. The van der Waals surface area contributed by atoms with Crippen LogP contribution < -0.4 is 5.32 Å². The number of hydrogen-bond donors (Lipinski definition) is 1. The number of aromatic nitrogens is 2. The molecule has 0 unspecified atom stereocenters. The Kier molecular flexibility index (Phi) is 5.08. The van der Waals surface area contributed by atoms with Crippen molar-refractivity contribution in [3.8, 4) is 5.69 Å². The van der Waals surface area contributed by atoms with Gasteiger partial charge in [0.05, 0.1) is 12.5 Å². The van der Waals surface area contributed by atoms with E-state index in [1.807, 2.05) is 39.8 Å². The van der Waals surface area contributed by atoms with Crippen LogP contribution in [0, 0.1) is 5.92 Å². The van der Waals surface area contributed by atoms with Crippen molar-refractivity contribution in [2.24, 2.45) is 5.92 Å². The van der Waals surface area contributed by atoms with Crippen molar-refractivity contribution in [3.63, 3.8) is 0 Å². The van der Waals surface area contributed by atoms with Gasteiger partial charge in [-0.2, -0.15) is 0 Å². The van der Waals surface area contributed by atoms with E-state index in [4.69, 9.17) is 0 Å². The van der Waals surface area contributed by atoms with E-state index in [0.717, 1.165) is 44.7 Å². The monoisotopic (exact) mass is 312 g/mol. The zero-order valence-corrected chi connectivity index (χ0v) is 13.6. The molecule has 23 heavy (non-hydrogen) atoms. The van der Waals surface area contributed by atoms with Gasteiger partial charge in [-0.15, -0.1) is 0 Å². The topological polar surface area (TPSA) is 50.2 Å². The Morgan fingerprint density at radius 3 is 2.70 bits per heavy atom. The minimum absolute atomic E-state index is 0.0771. The summed E-state index contributed by atoms with van der Waals surface area (Å²) in [5.74, 6) is 0.756. The number of carbonyl (C=O) groups is 1. The smallest absolute Gasteiger partial charge is 0.272 e. The average Bonchev–Trinajstić information content (AvgIpc) is 3.10. The van der Waals surface area contributed by atoms with Crippen LogP contribution in [0.2, 0.25) is 0 Å². The molecule has 5 heteroatoms. The quantitative estimate of drug-likeness (QED) is 0.922. The van der Waals surface area contributed by atoms with Crippen molar-refractivity contribution in [1.82, 2.24) is 19.8 Å². The number of likely N-dealkylation sites (tertiary alicyclic amines) is 1. The summed E-state index contributed by atoms with van der Waals surface area (Å²) >= 11 is 0. The van der Waals surface area contributed by atoms with Crippen LogP contribution in [0.15, 0.2) is 42.9 Å². The normalized spacial score (nSPS) is 15.8. The molecule has 122 valence electrons. The van der Waals surface area contributed by atoms with Crippen LogP contribution in [0.5, 0.6) is 0 Å². The van der Waals surface area contributed by atoms with E-state index in [1.165, 1.54) is 0 Å². The lowest BCUT2D eigenvalue weighted by Gasteiger charge is -2.32. The molecular weight excluding hydrogens is 288 g/mol. The molecule has 1 fully saturated rings. The summed E-state index contributed by atoms with van der Waals surface area (Å²) in [6.07, 6.45) is 5.51. The van der Waals surface area contributed by atoms with Crippen LogP contribution in [-0.4, -0.2) is 46.5 Å². The van der Waals surface area contributed by atoms with E-state index in [0.29, 0.717) is 11.6 Å². The summed E-state index contributed by atoms with van der Waals surface area (Å²) in [6.45, 7) is 5.85. The molecule has 1 aliphatic rings. The predicted molar refractivity (Wildman–Crippen MR) is 90.7 cm³/mol. The zero-order chi connectivity index (χ0) is 16.1. The van der Waals surface area contributed by atoms with Gasteiger partial charge in [-0.1, -0.05) is 25.1 Å². The summed E-state index contributed by atoms with van der Waals surface area (Å²) in [6, 6.07) is 9.88. The fourth-order valence-corrected chi connectivity index (χ4v) is 3.10. The second-order valence-corrected chi connectivity index (χ2v) is 6.03. The third-order valence-electron chi connectivity index (χ3n) is 4.48. The minimum atomic E-state index is 0.0771. The van der Waals surface area contributed by atoms with Crippen LogP contribution in [0.25, 0.3) is 5.69 Å². The number of rotatable bonds is 5. The number of imidazole rings is 1. The maximum atomic E-state index is 12.8. The highest BCUT2D eigenvalue weighted by Crippen LogP contribution is 2.19. The molecule has 0 radical (unpaired) electrons.